The second-order valence-corrected chi connectivity index (χ2v) is 8.94. The SMILES string of the molecule is C=Cc1ccc([Si]2(C)CCC2)cc1. The van der Waals surface area contributed by atoms with Crippen molar-refractivity contribution < 1.29 is 0 Å². The van der Waals surface area contributed by atoms with E-state index in [-0.39, 0.29) is 0 Å². The average molecular weight is 188 g/mol. The Bertz CT molecular complexity index is 306. The summed E-state index contributed by atoms with van der Waals surface area (Å²) in [6.07, 6.45) is 3.36. The van der Waals surface area contributed by atoms with E-state index >= 15 is 0 Å². The largest absolute Gasteiger partial charge is 0.0985 e. The highest BCUT2D eigenvalue weighted by Gasteiger charge is 2.35. The van der Waals surface area contributed by atoms with Gasteiger partial charge in [-0.3, -0.25) is 0 Å². The molecular formula is C12H16Si. The maximum absolute atomic E-state index is 3.77. The van der Waals surface area contributed by atoms with E-state index in [1.807, 2.05) is 6.08 Å². The van der Waals surface area contributed by atoms with Gasteiger partial charge in [-0.25, -0.2) is 0 Å². The van der Waals surface area contributed by atoms with Crippen LogP contribution in [0.15, 0.2) is 30.8 Å². The standard InChI is InChI=1S/C12H16Si/c1-3-11-5-7-12(8-6-11)13(2)9-4-10-13/h3,5-8H,1,4,9-10H2,2H3. The van der Waals surface area contributed by atoms with Gasteiger partial charge in [-0.15, -0.1) is 0 Å². The molecule has 0 saturated carbocycles. The molecule has 1 saturated heterocycles. The third-order valence-electron chi connectivity index (χ3n) is 3.30. The van der Waals surface area contributed by atoms with Crippen LogP contribution in [-0.4, -0.2) is 8.07 Å². The van der Waals surface area contributed by atoms with E-state index in [1.54, 1.807) is 5.19 Å². The van der Waals surface area contributed by atoms with E-state index in [9.17, 15) is 0 Å². The van der Waals surface area contributed by atoms with E-state index in [2.05, 4.69) is 37.4 Å². The summed E-state index contributed by atoms with van der Waals surface area (Å²) in [4.78, 5) is 0. The predicted molar refractivity (Wildman–Crippen MR) is 62.0 cm³/mol. The van der Waals surface area contributed by atoms with Crippen molar-refractivity contribution in [3.63, 3.8) is 0 Å². The normalized spacial score (nSPS) is 19.2. The van der Waals surface area contributed by atoms with E-state index in [4.69, 9.17) is 0 Å². The summed E-state index contributed by atoms with van der Waals surface area (Å²) < 4.78 is 0. The van der Waals surface area contributed by atoms with Crippen LogP contribution < -0.4 is 5.19 Å². The maximum Gasteiger partial charge on any atom is 0.0836 e. The molecule has 0 N–H and O–H groups in total. The molecule has 0 bridgehead atoms. The molecule has 1 heteroatoms. The topological polar surface area (TPSA) is 0 Å². The highest BCUT2D eigenvalue weighted by atomic mass is 28.3. The molecule has 1 fully saturated rings. The van der Waals surface area contributed by atoms with E-state index in [1.165, 1.54) is 24.1 Å². The van der Waals surface area contributed by atoms with E-state index < -0.39 is 8.07 Å². The van der Waals surface area contributed by atoms with Crippen LogP contribution in [0.4, 0.5) is 0 Å². The maximum atomic E-state index is 3.77. The summed E-state index contributed by atoms with van der Waals surface area (Å²) in [5.74, 6) is 0. The van der Waals surface area contributed by atoms with E-state index in [0.717, 1.165) is 0 Å². The van der Waals surface area contributed by atoms with Gasteiger partial charge in [0.25, 0.3) is 0 Å². The van der Waals surface area contributed by atoms with Gasteiger partial charge in [0, 0.05) is 0 Å². The van der Waals surface area contributed by atoms with E-state index in [0.29, 0.717) is 0 Å². The summed E-state index contributed by atoms with van der Waals surface area (Å²) in [5.41, 5.74) is 1.24. The summed E-state index contributed by atoms with van der Waals surface area (Å²) in [6.45, 7) is 6.27. The molecule has 68 valence electrons. The Balaban J connectivity index is 2.27. The van der Waals surface area contributed by atoms with Gasteiger partial charge >= 0.3 is 0 Å². The van der Waals surface area contributed by atoms with Crippen LogP contribution in [0.3, 0.4) is 0 Å². The summed E-state index contributed by atoms with van der Waals surface area (Å²) in [5, 5.41) is 1.63. The average Bonchev–Trinajstić information content (AvgIpc) is 2.14. The lowest BCUT2D eigenvalue weighted by molar-refractivity contribution is 0.917. The molecule has 1 aromatic carbocycles. The van der Waals surface area contributed by atoms with Crippen molar-refractivity contribution in [2.45, 2.75) is 25.1 Å². The minimum absolute atomic E-state index is 0.943. The Morgan fingerprint density at radius 3 is 2.23 bits per heavy atom. The lowest BCUT2D eigenvalue weighted by atomic mass is 10.2. The number of hydrogen-bond acceptors (Lipinski definition) is 0. The molecule has 0 nitrogen and oxygen atoms in total. The number of benzene rings is 1. The first-order valence-corrected chi connectivity index (χ1v) is 7.89. The first kappa shape index (κ1) is 8.76. The van der Waals surface area contributed by atoms with Crippen molar-refractivity contribution in [3.05, 3.63) is 36.4 Å². The first-order valence-electron chi connectivity index (χ1n) is 4.98. The zero-order chi connectivity index (χ0) is 9.31. The third kappa shape index (κ3) is 1.48. The van der Waals surface area contributed by atoms with Gasteiger partial charge in [0.15, 0.2) is 0 Å². The fourth-order valence-electron chi connectivity index (χ4n) is 2.02. The highest BCUT2D eigenvalue weighted by Crippen LogP contribution is 2.31. The van der Waals surface area contributed by atoms with Gasteiger partial charge in [0.05, 0.1) is 8.07 Å². The minimum Gasteiger partial charge on any atom is -0.0985 e. The Kier molecular flexibility index (Phi) is 2.12. The molecule has 0 atom stereocenters. The smallest absolute Gasteiger partial charge is 0.0836 e. The molecule has 0 aliphatic carbocycles. The molecular weight excluding hydrogens is 172 g/mol. The van der Waals surface area contributed by atoms with Gasteiger partial charge in [-0.1, -0.05) is 67.2 Å². The predicted octanol–water partition coefficient (Wildman–Crippen LogP) is 3.02. The Morgan fingerprint density at radius 1 is 1.23 bits per heavy atom. The summed E-state index contributed by atoms with van der Waals surface area (Å²) in [6, 6.07) is 12.0. The van der Waals surface area contributed by atoms with Crippen LogP contribution in [0.5, 0.6) is 0 Å². The number of hydrogen-bond donors (Lipinski definition) is 0. The van der Waals surface area contributed by atoms with Crippen LogP contribution in [0.2, 0.25) is 18.6 Å². The Morgan fingerprint density at radius 2 is 1.85 bits per heavy atom. The highest BCUT2D eigenvalue weighted by molar-refractivity contribution is 6.92. The van der Waals surface area contributed by atoms with Gasteiger partial charge < -0.3 is 0 Å². The van der Waals surface area contributed by atoms with Crippen LogP contribution in [0, 0.1) is 0 Å². The third-order valence-corrected chi connectivity index (χ3v) is 7.94. The lowest BCUT2D eigenvalue weighted by Gasteiger charge is -2.36. The van der Waals surface area contributed by atoms with Gasteiger partial charge in [-0.05, 0) is 5.56 Å². The lowest BCUT2D eigenvalue weighted by Crippen LogP contribution is -2.50. The Labute approximate surface area is 81.3 Å². The monoisotopic (exact) mass is 188 g/mol. The molecule has 0 radical (unpaired) electrons. The molecule has 13 heavy (non-hydrogen) atoms. The second kappa shape index (κ2) is 3.15. The van der Waals surface area contributed by atoms with Crippen LogP contribution in [0.1, 0.15) is 12.0 Å². The molecule has 1 aliphatic rings. The molecule has 2 rings (SSSR count). The summed E-state index contributed by atoms with van der Waals surface area (Å²) in [7, 11) is -0.943. The molecule has 0 aromatic heterocycles. The van der Waals surface area contributed by atoms with Crippen molar-refractivity contribution in [1.29, 1.82) is 0 Å². The quantitative estimate of drug-likeness (QED) is 0.626. The fourth-order valence-corrected chi connectivity index (χ4v) is 4.98. The first-order chi connectivity index (χ1) is 6.24. The molecule has 1 aliphatic heterocycles. The van der Waals surface area contributed by atoms with Gasteiger partial charge in [0.1, 0.15) is 0 Å². The molecule has 1 heterocycles. The van der Waals surface area contributed by atoms with Crippen molar-refractivity contribution in [3.8, 4) is 0 Å². The molecule has 1 aromatic rings. The fraction of sp³-hybridized carbons (Fsp3) is 0.333. The van der Waals surface area contributed by atoms with Crippen LogP contribution in [-0.2, 0) is 0 Å². The van der Waals surface area contributed by atoms with Crippen molar-refractivity contribution in [2.75, 3.05) is 0 Å². The Hall–Kier alpha value is -0.823. The van der Waals surface area contributed by atoms with Gasteiger partial charge in [-0.2, -0.15) is 0 Å². The molecule has 0 spiro atoms. The van der Waals surface area contributed by atoms with Crippen molar-refractivity contribution in [1.82, 2.24) is 0 Å². The van der Waals surface area contributed by atoms with Crippen LogP contribution >= 0.6 is 0 Å². The molecule has 0 amide bonds. The van der Waals surface area contributed by atoms with Crippen molar-refractivity contribution in [2.24, 2.45) is 0 Å². The van der Waals surface area contributed by atoms with Crippen molar-refractivity contribution >= 4 is 19.3 Å². The zero-order valence-electron chi connectivity index (χ0n) is 8.22. The van der Waals surface area contributed by atoms with Crippen LogP contribution in [0.25, 0.3) is 6.08 Å². The van der Waals surface area contributed by atoms with Gasteiger partial charge in [0.2, 0.25) is 0 Å². The summed E-state index contributed by atoms with van der Waals surface area (Å²) >= 11 is 0. The number of rotatable bonds is 2. The minimum atomic E-state index is -0.943. The zero-order valence-corrected chi connectivity index (χ0v) is 9.22. The second-order valence-electron chi connectivity index (χ2n) is 4.24. The molecule has 0 unspecified atom stereocenters.